The van der Waals surface area contributed by atoms with E-state index in [1.807, 2.05) is 13.8 Å². The molecule has 0 aromatic rings. The van der Waals surface area contributed by atoms with Gasteiger partial charge in [0.25, 0.3) is 0 Å². The Morgan fingerprint density at radius 2 is 1.40 bits per heavy atom. The van der Waals surface area contributed by atoms with Gasteiger partial charge in [-0.3, -0.25) is 9.59 Å². The van der Waals surface area contributed by atoms with Crippen molar-refractivity contribution in [3.8, 4) is 0 Å². The van der Waals surface area contributed by atoms with Gasteiger partial charge in [-0.25, -0.2) is 0 Å². The van der Waals surface area contributed by atoms with Gasteiger partial charge in [-0.05, 0) is 6.42 Å². The molecule has 2 atom stereocenters. The first kappa shape index (κ1) is 19.6. The second kappa shape index (κ2) is 11.3. The van der Waals surface area contributed by atoms with Crippen molar-refractivity contribution in [2.24, 2.45) is 0 Å². The Labute approximate surface area is 132 Å². The third-order valence-electron chi connectivity index (χ3n) is 2.49. The van der Waals surface area contributed by atoms with Gasteiger partial charge in [0.1, 0.15) is 0 Å². The molecule has 0 bridgehead atoms. The second-order valence-corrected chi connectivity index (χ2v) is 6.77. The number of rotatable bonds is 10. The Morgan fingerprint density at radius 1 is 0.950 bits per heavy atom. The van der Waals surface area contributed by atoms with Gasteiger partial charge in [-0.15, -0.1) is 0 Å². The molecule has 0 saturated heterocycles. The van der Waals surface area contributed by atoms with Gasteiger partial charge in [0.2, 0.25) is 6.29 Å². The van der Waals surface area contributed by atoms with E-state index in [0.717, 1.165) is 19.3 Å². The maximum Gasteiger partial charge on any atom is 0.309 e. The molecule has 0 aromatic heterocycles. The maximum absolute atomic E-state index is 11.6. The van der Waals surface area contributed by atoms with Crippen LogP contribution in [0.25, 0.3) is 0 Å². The molecule has 0 aliphatic heterocycles. The molecule has 118 valence electrons. The fraction of sp³-hybridized carbons (Fsp3) is 0.857. The van der Waals surface area contributed by atoms with Crippen LogP contribution in [0.15, 0.2) is 0 Å². The summed E-state index contributed by atoms with van der Waals surface area (Å²) in [6, 6.07) is 0. The lowest BCUT2D eigenvalue weighted by atomic mass is 10.2. The van der Waals surface area contributed by atoms with Crippen molar-refractivity contribution in [1.82, 2.24) is 0 Å². The van der Waals surface area contributed by atoms with E-state index in [4.69, 9.17) is 9.47 Å². The summed E-state index contributed by atoms with van der Waals surface area (Å²) < 4.78 is 10.4. The van der Waals surface area contributed by atoms with Crippen molar-refractivity contribution in [1.29, 1.82) is 0 Å². The minimum absolute atomic E-state index is 0.0769. The van der Waals surface area contributed by atoms with Crippen molar-refractivity contribution in [2.75, 3.05) is 0 Å². The van der Waals surface area contributed by atoms with E-state index in [-0.39, 0.29) is 35.3 Å². The molecule has 6 heteroatoms. The largest absolute Gasteiger partial charge is 0.425 e. The highest BCUT2D eigenvalue weighted by molar-refractivity contribution is 7.81. The summed E-state index contributed by atoms with van der Waals surface area (Å²) in [7, 11) is 0. The molecule has 0 N–H and O–H groups in total. The SMILES string of the molecule is CCCCCC(OC(=O)CC(C)S)OC(=O)CC(C)S. The predicted octanol–water partition coefficient (Wildman–Crippen LogP) is 3.40. The molecule has 4 nitrogen and oxygen atoms in total. The van der Waals surface area contributed by atoms with E-state index in [1.165, 1.54) is 0 Å². The number of carbonyl (C=O) groups excluding carboxylic acids is 2. The van der Waals surface area contributed by atoms with Crippen molar-refractivity contribution in [3.63, 3.8) is 0 Å². The first-order valence-corrected chi connectivity index (χ1v) is 8.13. The van der Waals surface area contributed by atoms with Crippen LogP contribution in [0.3, 0.4) is 0 Å². The van der Waals surface area contributed by atoms with Gasteiger partial charge >= 0.3 is 11.9 Å². The molecule has 0 aliphatic rings. The average molecular weight is 322 g/mol. The average Bonchev–Trinajstić information content (AvgIpc) is 2.26. The van der Waals surface area contributed by atoms with Crippen LogP contribution in [0.1, 0.15) is 59.3 Å². The third kappa shape index (κ3) is 11.5. The van der Waals surface area contributed by atoms with Gasteiger partial charge in [-0.1, -0.05) is 33.6 Å². The lowest BCUT2D eigenvalue weighted by Gasteiger charge is -2.19. The first-order valence-electron chi connectivity index (χ1n) is 7.10. The molecule has 2 unspecified atom stereocenters. The monoisotopic (exact) mass is 322 g/mol. The van der Waals surface area contributed by atoms with E-state index < -0.39 is 6.29 Å². The van der Waals surface area contributed by atoms with Gasteiger partial charge in [0.15, 0.2) is 0 Å². The minimum Gasteiger partial charge on any atom is -0.425 e. The molecule has 0 spiro atoms. The van der Waals surface area contributed by atoms with Crippen molar-refractivity contribution < 1.29 is 19.1 Å². The molecule has 0 amide bonds. The number of hydrogen-bond donors (Lipinski definition) is 2. The Balaban J connectivity index is 4.32. The summed E-state index contributed by atoms with van der Waals surface area (Å²) in [5.41, 5.74) is 0. The highest BCUT2D eigenvalue weighted by atomic mass is 32.1. The summed E-state index contributed by atoms with van der Waals surface area (Å²) in [5, 5.41) is -0.154. The van der Waals surface area contributed by atoms with E-state index in [0.29, 0.717) is 6.42 Å². The molecule has 0 saturated carbocycles. The van der Waals surface area contributed by atoms with Crippen LogP contribution in [-0.4, -0.2) is 28.7 Å². The molecule has 0 fully saturated rings. The van der Waals surface area contributed by atoms with Crippen molar-refractivity contribution >= 4 is 37.2 Å². The Hall–Kier alpha value is -0.360. The fourth-order valence-corrected chi connectivity index (χ4v) is 1.87. The number of thiol groups is 2. The quantitative estimate of drug-likeness (QED) is 0.280. The van der Waals surface area contributed by atoms with E-state index in [1.54, 1.807) is 0 Å². The van der Waals surface area contributed by atoms with Crippen LogP contribution < -0.4 is 0 Å². The van der Waals surface area contributed by atoms with Crippen LogP contribution >= 0.6 is 25.3 Å². The lowest BCUT2D eigenvalue weighted by molar-refractivity contribution is -0.189. The Bertz CT molecular complexity index is 269. The summed E-state index contributed by atoms with van der Waals surface area (Å²) in [4.78, 5) is 23.2. The molecule has 0 aliphatic carbocycles. The smallest absolute Gasteiger partial charge is 0.309 e. The highest BCUT2D eigenvalue weighted by Gasteiger charge is 2.20. The van der Waals surface area contributed by atoms with Gasteiger partial charge in [0, 0.05) is 16.9 Å². The van der Waals surface area contributed by atoms with Gasteiger partial charge < -0.3 is 9.47 Å². The zero-order chi connectivity index (χ0) is 15.5. The normalized spacial score (nSPS) is 15.2. The van der Waals surface area contributed by atoms with Crippen LogP contribution in [0, 0.1) is 0 Å². The predicted molar refractivity (Wildman–Crippen MR) is 86.2 cm³/mol. The molecular formula is C14H26O4S2. The van der Waals surface area contributed by atoms with Crippen molar-refractivity contribution in [2.45, 2.75) is 76.1 Å². The lowest BCUT2D eigenvalue weighted by Crippen LogP contribution is -2.26. The van der Waals surface area contributed by atoms with Crippen LogP contribution in [-0.2, 0) is 19.1 Å². The Kier molecular flexibility index (Phi) is 11.1. The molecule has 0 heterocycles. The zero-order valence-electron chi connectivity index (χ0n) is 12.5. The fourth-order valence-electron chi connectivity index (χ4n) is 1.57. The maximum atomic E-state index is 11.6. The van der Waals surface area contributed by atoms with Gasteiger partial charge in [0.05, 0.1) is 12.8 Å². The third-order valence-corrected chi connectivity index (χ3v) is 2.86. The van der Waals surface area contributed by atoms with Crippen molar-refractivity contribution in [3.05, 3.63) is 0 Å². The standard InChI is InChI=1S/C14H26O4S2/c1-4-5-6-7-14(17-12(15)8-10(2)19)18-13(16)9-11(3)20/h10-11,14,19-20H,4-9H2,1-3H3. The summed E-state index contributed by atoms with van der Waals surface area (Å²) in [6.45, 7) is 5.70. The number of esters is 2. The van der Waals surface area contributed by atoms with Gasteiger partial charge in [-0.2, -0.15) is 25.3 Å². The highest BCUT2D eigenvalue weighted by Crippen LogP contribution is 2.13. The van der Waals surface area contributed by atoms with Crippen LogP contribution in [0.4, 0.5) is 0 Å². The topological polar surface area (TPSA) is 52.6 Å². The van der Waals surface area contributed by atoms with E-state index in [2.05, 4.69) is 32.2 Å². The molecule has 0 rings (SSSR count). The van der Waals surface area contributed by atoms with Crippen LogP contribution in [0.2, 0.25) is 0 Å². The molecule has 0 radical (unpaired) electrons. The van der Waals surface area contributed by atoms with E-state index >= 15 is 0 Å². The number of carbonyl (C=O) groups is 2. The Morgan fingerprint density at radius 3 is 1.75 bits per heavy atom. The number of ether oxygens (including phenoxy) is 2. The van der Waals surface area contributed by atoms with Crippen LogP contribution in [0.5, 0.6) is 0 Å². The summed E-state index contributed by atoms with van der Waals surface area (Å²) in [6.07, 6.45) is 3.07. The zero-order valence-corrected chi connectivity index (χ0v) is 14.3. The summed E-state index contributed by atoms with van der Waals surface area (Å²) in [5.74, 6) is -0.776. The molecular weight excluding hydrogens is 296 g/mol. The molecule has 0 aromatic carbocycles. The first-order chi connectivity index (χ1) is 9.35. The minimum atomic E-state index is -0.791. The second-order valence-electron chi connectivity index (χ2n) is 5.01. The summed E-state index contributed by atoms with van der Waals surface area (Å²) >= 11 is 8.28. The van der Waals surface area contributed by atoms with E-state index in [9.17, 15) is 9.59 Å². The molecule has 20 heavy (non-hydrogen) atoms. The number of unbranched alkanes of at least 4 members (excludes halogenated alkanes) is 2. The number of hydrogen-bond acceptors (Lipinski definition) is 6.